The molecule has 0 spiro atoms. The van der Waals surface area contributed by atoms with Gasteiger partial charge in [-0.25, -0.2) is 0 Å². The molecule has 1 aromatic rings. The summed E-state index contributed by atoms with van der Waals surface area (Å²) in [5.74, 6) is 0.790. The van der Waals surface area contributed by atoms with Crippen molar-refractivity contribution in [2.75, 3.05) is 26.2 Å². The molecule has 1 aliphatic heterocycles. The average molecular weight is 264 g/mol. The van der Waals surface area contributed by atoms with Gasteiger partial charge in [-0.2, -0.15) is 0 Å². The van der Waals surface area contributed by atoms with Crippen LogP contribution in [0.25, 0.3) is 0 Å². The number of aromatic hydroxyl groups is 1. The van der Waals surface area contributed by atoms with Crippen LogP contribution in [-0.4, -0.2) is 41.8 Å². The van der Waals surface area contributed by atoms with Crippen LogP contribution in [0.4, 0.5) is 0 Å². The number of nitrogens with zero attached hydrogens (tertiary/aromatic N) is 1. The Kier molecular flexibility index (Phi) is 4.32. The zero-order chi connectivity index (χ0) is 13.9. The van der Waals surface area contributed by atoms with Crippen molar-refractivity contribution in [2.24, 2.45) is 0 Å². The van der Waals surface area contributed by atoms with E-state index in [0.29, 0.717) is 12.4 Å². The van der Waals surface area contributed by atoms with E-state index < -0.39 is 0 Å². The number of nitrogens with one attached hydrogen (secondary N) is 1. The topological polar surface area (TPSA) is 44.7 Å². The summed E-state index contributed by atoms with van der Waals surface area (Å²) in [6.45, 7) is 10.9. The molecule has 1 heterocycles. The molecule has 1 aliphatic rings. The van der Waals surface area contributed by atoms with Crippen molar-refractivity contribution in [3.63, 3.8) is 0 Å². The Bertz CT molecular complexity index is 432. The molecule has 0 amide bonds. The van der Waals surface area contributed by atoms with Gasteiger partial charge in [0.1, 0.15) is 0 Å². The third-order valence-electron chi connectivity index (χ3n) is 3.67. The van der Waals surface area contributed by atoms with E-state index in [1.54, 1.807) is 6.07 Å². The van der Waals surface area contributed by atoms with E-state index in [4.69, 9.17) is 4.74 Å². The SMILES string of the molecule is CCOc1cc(CN2CCNCC2(C)C)ccc1O. The molecule has 0 bridgehead atoms. The van der Waals surface area contributed by atoms with Gasteiger partial charge in [-0.05, 0) is 38.5 Å². The lowest BCUT2D eigenvalue weighted by molar-refractivity contribution is 0.0826. The Morgan fingerprint density at radius 1 is 1.42 bits per heavy atom. The molecule has 0 atom stereocenters. The normalized spacial score (nSPS) is 19.3. The molecule has 4 heteroatoms. The van der Waals surface area contributed by atoms with Crippen LogP contribution in [0.2, 0.25) is 0 Å². The highest BCUT2D eigenvalue weighted by molar-refractivity contribution is 5.41. The van der Waals surface area contributed by atoms with E-state index in [0.717, 1.165) is 26.2 Å². The van der Waals surface area contributed by atoms with Crippen LogP contribution in [0.15, 0.2) is 18.2 Å². The number of phenolic OH excluding ortho intramolecular Hbond substituents is 1. The molecule has 0 saturated carbocycles. The van der Waals surface area contributed by atoms with Gasteiger partial charge in [0.2, 0.25) is 0 Å². The zero-order valence-electron chi connectivity index (χ0n) is 12.1. The molecule has 1 aromatic carbocycles. The second kappa shape index (κ2) is 5.80. The average Bonchev–Trinajstić information content (AvgIpc) is 2.36. The van der Waals surface area contributed by atoms with E-state index in [9.17, 15) is 5.11 Å². The minimum Gasteiger partial charge on any atom is -0.504 e. The van der Waals surface area contributed by atoms with Crippen LogP contribution in [0, 0.1) is 0 Å². The summed E-state index contributed by atoms with van der Waals surface area (Å²) in [6.07, 6.45) is 0. The van der Waals surface area contributed by atoms with Crippen LogP contribution in [-0.2, 0) is 6.54 Å². The molecule has 0 radical (unpaired) electrons. The fourth-order valence-electron chi connectivity index (χ4n) is 2.46. The molecule has 2 N–H and O–H groups in total. The van der Waals surface area contributed by atoms with Gasteiger partial charge in [-0.3, -0.25) is 4.90 Å². The smallest absolute Gasteiger partial charge is 0.161 e. The van der Waals surface area contributed by atoms with Crippen molar-refractivity contribution < 1.29 is 9.84 Å². The van der Waals surface area contributed by atoms with Gasteiger partial charge < -0.3 is 15.2 Å². The molecular weight excluding hydrogens is 240 g/mol. The van der Waals surface area contributed by atoms with Crippen molar-refractivity contribution in [3.05, 3.63) is 23.8 Å². The quantitative estimate of drug-likeness (QED) is 0.873. The summed E-state index contributed by atoms with van der Waals surface area (Å²) in [4.78, 5) is 2.46. The fourth-order valence-corrected chi connectivity index (χ4v) is 2.46. The third kappa shape index (κ3) is 3.39. The van der Waals surface area contributed by atoms with E-state index in [-0.39, 0.29) is 11.3 Å². The molecule has 4 nitrogen and oxygen atoms in total. The minimum atomic E-state index is 0.155. The van der Waals surface area contributed by atoms with Gasteiger partial charge in [0.25, 0.3) is 0 Å². The number of benzene rings is 1. The maximum Gasteiger partial charge on any atom is 0.161 e. The summed E-state index contributed by atoms with van der Waals surface area (Å²) in [7, 11) is 0. The molecule has 0 aromatic heterocycles. The number of phenols is 1. The summed E-state index contributed by atoms with van der Waals surface area (Å²) in [5, 5.41) is 13.2. The first-order valence-corrected chi connectivity index (χ1v) is 6.93. The number of rotatable bonds is 4. The van der Waals surface area contributed by atoms with E-state index in [1.807, 2.05) is 19.1 Å². The van der Waals surface area contributed by atoms with Gasteiger partial charge in [0.15, 0.2) is 11.5 Å². The van der Waals surface area contributed by atoms with E-state index in [1.165, 1.54) is 5.56 Å². The molecule has 1 saturated heterocycles. The van der Waals surface area contributed by atoms with Gasteiger partial charge >= 0.3 is 0 Å². The number of hydrogen-bond donors (Lipinski definition) is 2. The van der Waals surface area contributed by atoms with E-state index in [2.05, 4.69) is 24.1 Å². The van der Waals surface area contributed by atoms with Gasteiger partial charge in [-0.1, -0.05) is 6.07 Å². The van der Waals surface area contributed by atoms with Crippen molar-refractivity contribution in [1.82, 2.24) is 10.2 Å². The summed E-state index contributed by atoms with van der Waals surface area (Å²) in [6, 6.07) is 5.63. The zero-order valence-corrected chi connectivity index (χ0v) is 12.1. The Morgan fingerprint density at radius 3 is 2.89 bits per heavy atom. The number of piperazine rings is 1. The third-order valence-corrected chi connectivity index (χ3v) is 3.67. The second-order valence-electron chi connectivity index (χ2n) is 5.65. The largest absolute Gasteiger partial charge is 0.504 e. The highest BCUT2D eigenvalue weighted by atomic mass is 16.5. The number of ether oxygens (including phenoxy) is 1. The molecule has 0 aliphatic carbocycles. The predicted octanol–water partition coefficient (Wildman–Crippen LogP) is 1.97. The summed E-state index contributed by atoms with van der Waals surface area (Å²) >= 11 is 0. The lowest BCUT2D eigenvalue weighted by Gasteiger charge is -2.43. The van der Waals surface area contributed by atoms with Crippen LogP contribution in [0.1, 0.15) is 26.3 Å². The van der Waals surface area contributed by atoms with Crippen molar-refractivity contribution in [2.45, 2.75) is 32.9 Å². The van der Waals surface area contributed by atoms with Gasteiger partial charge in [-0.15, -0.1) is 0 Å². The molecule has 1 fully saturated rings. The van der Waals surface area contributed by atoms with Crippen molar-refractivity contribution in [1.29, 1.82) is 0 Å². The van der Waals surface area contributed by atoms with E-state index >= 15 is 0 Å². The maximum absolute atomic E-state index is 9.73. The van der Waals surface area contributed by atoms with Crippen LogP contribution in [0.3, 0.4) is 0 Å². The van der Waals surface area contributed by atoms with Gasteiger partial charge in [0.05, 0.1) is 6.61 Å². The second-order valence-corrected chi connectivity index (χ2v) is 5.65. The first-order chi connectivity index (χ1) is 9.03. The Hall–Kier alpha value is -1.26. The van der Waals surface area contributed by atoms with Crippen LogP contribution < -0.4 is 10.1 Å². The van der Waals surface area contributed by atoms with Crippen molar-refractivity contribution >= 4 is 0 Å². The molecule has 19 heavy (non-hydrogen) atoms. The highest BCUT2D eigenvalue weighted by Crippen LogP contribution is 2.28. The maximum atomic E-state index is 9.73. The predicted molar refractivity (Wildman–Crippen MR) is 76.6 cm³/mol. The standard InChI is InChI=1S/C15H24N2O2/c1-4-19-14-9-12(5-6-13(14)18)10-17-8-7-16-11-15(17,2)3/h5-6,9,16,18H,4,7-8,10-11H2,1-3H3. The Balaban J connectivity index is 2.12. The van der Waals surface area contributed by atoms with Gasteiger partial charge in [0, 0.05) is 31.7 Å². The first-order valence-electron chi connectivity index (χ1n) is 6.93. The summed E-state index contributed by atoms with van der Waals surface area (Å²) < 4.78 is 5.44. The molecule has 106 valence electrons. The highest BCUT2D eigenvalue weighted by Gasteiger charge is 2.29. The molecule has 0 unspecified atom stereocenters. The lowest BCUT2D eigenvalue weighted by Crippen LogP contribution is -2.57. The number of hydrogen-bond acceptors (Lipinski definition) is 4. The molecular formula is C15H24N2O2. The van der Waals surface area contributed by atoms with Crippen molar-refractivity contribution in [3.8, 4) is 11.5 Å². The monoisotopic (exact) mass is 264 g/mol. The van der Waals surface area contributed by atoms with Crippen LogP contribution in [0.5, 0.6) is 11.5 Å². The minimum absolute atomic E-state index is 0.155. The summed E-state index contributed by atoms with van der Waals surface area (Å²) in [5.41, 5.74) is 1.33. The lowest BCUT2D eigenvalue weighted by atomic mass is 9.99. The Morgan fingerprint density at radius 2 is 2.21 bits per heavy atom. The first kappa shape index (κ1) is 14.2. The Labute approximate surface area is 115 Å². The molecule has 2 rings (SSSR count). The fraction of sp³-hybridized carbons (Fsp3) is 0.600. The van der Waals surface area contributed by atoms with Crippen LogP contribution >= 0.6 is 0 Å².